The van der Waals surface area contributed by atoms with Crippen molar-refractivity contribution in [3.8, 4) is 0 Å². The lowest BCUT2D eigenvalue weighted by Gasteiger charge is -2.26. The fourth-order valence-corrected chi connectivity index (χ4v) is 1.56. The van der Waals surface area contributed by atoms with Gasteiger partial charge in [0.15, 0.2) is 0 Å². The number of aromatic nitrogens is 1. The van der Waals surface area contributed by atoms with Crippen molar-refractivity contribution in [1.82, 2.24) is 4.98 Å². The minimum Gasteiger partial charge on any atom is -0.384 e. The third-order valence-electron chi connectivity index (χ3n) is 2.14. The minimum absolute atomic E-state index is 0.118. The summed E-state index contributed by atoms with van der Waals surface area (Å²) in [7, 11) is 0. The lowest BCUT2D eigenvalue weighted by atomic mass is 9.99. The van der Waals surface area contributed by atoms with Crippen LogP contribution >= 0.6 is 0 Å². The largest absolute Gasteiger partial charge is 0.384 e. The summed E-state index contributed by atoms with van der Waals surface area (Å²) in [6.07, 6.45) is 4.08. The van der Waals surface area contributed by atoms with Gasteiger partial charge >= 0.3 is 0 Å². The highest BCUT2D eigenvalue weighted by Crippen LogP contribution is 2.18. The van der Waals surface area contributed by atoms with Gasteiger partial charge in [0, 0.05) is 5.54 Å². The smallest absolute Gasteiger partial charge is 0.123 e. The van der Waals surface area contributed by atoms with Gasteiger partial charge in [-0.05, 0) is 32.4 Å². The zero-order chi connectivity index (χ0) is 10.6. The predicted molar refractivity (Wildman–Crippen MR) is 61.3 cm³/mol. The van der Waals surface area contributed by atoms with Crippen LogP contribution < -0.4 is 11.1 Å². The first kappa shape index (κ1) is 10.8. The van der Waals surface area contributed by atoms with Crippen LogP contribution in [0.4, 0.5) is 11.5 Å². The zero-order valence-corrected chi connectivity index (χ0v) is 9.17. The third kappa shape index (κ3) is 3.24. The van der Waals surface area contributed by atoms with E-state index in [-0.39, 0.29) is 5.54 Å². The topological polar surface area (TPSA) is 50.9 Å². The van der Waals surface area contributed by atoms with Gasteiger partial charge < -0.3 is 11.1 Å². The van der Waals surface area contributed by atoms with Crippen LogP contribution in [0.1, 0.15) is 33.6 Å². The number of pyridine rings is 1. The molecule has 0 spiro atoms. The summed E-state index contributed by atoms with van der Waals surface area (Å²) in [4.78, 5) is 4.04. The summed E-state index contributed by atoms with van der Waals surface area (Å²) in [6.45, 7) is 6.56. The van der Waals surface area contributed by atoms with Gasteiger partial charge in [-0.1, -0.05) is 13.3 Å². The van der Waals surface area contributed by atoms with E-state index >= 15 is 0 Å². The Hall–Kier alpha value is -1.25. The Morgan fingerprint density at radius 2 is 2.14 bits per heavy atom. The van der Waals surface area contributed by atoms with Crippen molar-refractivity contribution in [2.75, 3.05) is 11.1 Å². The summed E-state index contributed by atoms with van der Waals surface area (Å²) >= 11 is 0. The molecule has 0 atom stereocenters. The van der Waals surface area contributed by atoms with Gasteiger partial charge in [-0.25, -0.2) is 4.98 Å². The fraction of sp³-hybridized carbons (Fsp3) is 0.545. The van der Waals surface area contributed by atoms with Crippen LogP contribution in [0, 0.1) is 0 Å². The van der Waals surface area contributed by atoms with Gasteiger partial charge in [-0.2, -0.15) is 0 Å². The van der Waals surface area contributed by atoms with Gasteiger partial charge in [-0.3, -0.25) is 0 Å². The van der Waals surface area contributed by atoms with E-state index in [9.17, 15) is 0 Å². The summed E-state index contributed by atoms with van der Waals surface area (Å²) in [5.41, 5.74) is 6.65. The SMILES string of the molecule is CCCC(C)(C)Nc1ccc(N)nc1. The minimum atomic E-state index is 0.118. The Balaban J connectivity index is 2.64. The molecule has 3 N–H and O–H groups in total. The molecule has 0 aliphatic carbocycles. The number of anilines is 2. The van der Waals surface area contributed by atoms with Gasteiger partial charge in [0.1, 0.15) is 5.82 Å². The second-order valence-electron chi connectivity index (χ2n) is 4.23. The van der Waals surface area contributed by atoms with Gasteiger partial charge in [0.25, 0.3) is 0 Å². The van der Waals surface area contributed by atoms with E-state index in [1.807, 2.05) is 12.1 Å². The number of nitrogens with one attached hydrogen (secondary N) is 1. The van der Waals surface area contributed by atoms with Gasteiger partial charge in [0.2, 0.25) is 0 Å². The lowest BCUT2D eigenvalue weighted by molar-refractivity contribution is 0.511. The van der Waals surface area contributed by atoms with Crippen LogP contribution in [0.2, 0.25) is 0 Å². The molecule has 0 saturated carbocycles. The maximum atomic E-state index is 5.51. The molecule has 1 aromatic heterocycles. The van der Waals surface area contributed by atoms with Crippen molar-refractivity contribution in [3.63, 3.8) is 0 Å². The maximum Gasteiger partial charge on any atom is 0.123 e. The molecule has 0 amide bonds. The second-order valence-corrected chi connectivity index (χ2v) is 4.23. The molecular weight excluding hydrogens is 174 g/mol. The molecule has 1 aromatic rings. The molecule has 1 rings (SSSR count). The Morgan fingerprint density at radius 1 is 1.43 bits per heavy atom. The first-order valence-electron chi connectivity index (χ1n) is 5.03. The first-order valence-corrected chi connectivity index (χ1v) is 5.03. The van der Waals surface area contributed by atoms with Crippen LogP contribution in [-0.4, -0.2) is 10.5 Å². The summed E-state index contributed by atoms with van der Waals surface area (Å²) in [5.74, 6) is 0.559. The molecule has 0 aliphatic rings. The second kappa shape index (κ2) is 4.31. The van der Waals surface area contributed by atoms with E-state index in [1.54, 1.807) is 6.20 Å². The van der Waals surface area contributed by atoms with Crippen LogP contribution in [0.5, 0.6) is 0 Å². The van der Waals surface area contributed by atoms with Crippen LogP contribution in [-0.2, 0) is 0 Å². The quantitative estimate of drug-likeness (QED) is 0.773. The first-order chi connectivity index (χ1) is 6.53. The van der Waals surface area contributed by atoms with Crippen molar-refractivity contribution >= 4 is 11.5 Å². The number of nitrogens with zero attached hydrogens (tertiary/aromatic N) is 1. The number of hydrogen-bond donors (Lipinski definition) is 2. The summed E-state index contributed by atoms with van der Waals surface area (Å²) in [6, 6.07) is 3.77. The molecule has 1 heterocycles. The van der Waals surface area contributed by atoms with Crippen LogP contribution in [0.25, 0.3) is 0 Å². The Kier molecular flexibility index (Phi) is 3.33. The van der Waals surface area contributed by atoms with E-state index < -0.39 is 0 Å². The highest BCUT2D eigenvalue weighted by Gasteiger charge is 2.15. The molecule has 3 heteroatoms. The van der Waals surface area contributed by atoms with Crippen LogP contribution in [0.15, 0.2) is 18.3 Å². The maximum absolute atomic E-state index is 5.51. The molecule has 78 valence electrons. The fourth-order valence-electron chi connectivity index (χ4n) is 1.56. The molecule has 3 nitrogen and oxygen atoms in total. The summed E-state index contributed by atoms with van der Waals surface area (Å²) in [5, 5.41) is 3.43. The van der Waals surface area contributed by atoms with E-state index in [0.29, 0.717) is 5.82 Å². The van der Waals surface area contributed by atoms with Crippen molar-refractivity contribution in [3.05, 3.63) is 18.3 Å². The third-order valence-corrected chi connectivity index (χ3v) is 2.14. The number of rotatable bonds is 4. The van der Waals surface area contributed by atoms with Gasteiger partial charge in [-0.15, -0.1) is 0 Å². The summed E-state index contributed by atoms with van der Waals surface area (Å²) < 4.78 is 0. The molecule has 0 aromatic carbocycles. The van der Waals surface area contributed by atoms with Crippen molar-refractivity contribution < 1.29 is 0 Å². The standard InChI is InChI=1S/C11H19N3/c1-4-7-11(2,3)14-9-5-6-10(12)13-8-9/h5-6,8,14H,4,7H2,1-3H3,(H2,12,13). The average molecular weight is 193 g/mol. The Morgan fingerprint density at radius 3 is 2.64 bits per heavy atom. The molecule has 0 bridgehead atoms. The zero-order valence-electron chi connectivity index (χ0n) is 9.17. The molecular formula is C11H19N3. The van der Waals surface area contributed by atoms with E-state index in [0.717, 1.165) is 12.1 Å². The van der Waals surface area contributed by atoms with Crippen molar-refractivity contribution in [1.29, 1.82) is 0 Å². The average Bonchev–Trinajstić information content (AvgIpc) is 2.08. The molecule has 0 radical (unpaired) electrons. The molecule has 0 aliphatic heterocycles. The van der Waals surface area contributed by atoms with Crippen molar-refractivity contribution in [2.45, 2.75) is 39.2 Å². The number of nitrogens with two attached hydrogens (primary N) is 1. The van der Waals surface area contributed by atoms with E-state index in [2.05, 4.69) is 31.1 Å². The van der Waals surface area contributed by atoms with Crippen LogP contribution in [0.3, 0.4) is 0 Å². The predicted octanol–water partition coefficient (Wildman–Crippen LogP) is 2.65. The number of nitrogen functional groups attached to an aromatic ring is 1. The molecule has 0 fully saturated rings. The van der Waals surface area contributed by atoms with E-state index in [1.165, 1.54) is 6.42 Å². The number of hydrogen-bond acceptors (Lipinski definition) is 3. The normalized spacial score (nSPS) is 11.4. The highest BCUT2D eigenvalue weighted by molar-refractivity contribution is 5.46. The highest BCUT2D eigenvalue weighted by atomic mass is 15.0. The lowest BCUT2D eigenvalue weighted by Crippen LogP contribution is -2.30. The van der Waals surface area contributed by atoms with Gasteiger partial charge in [0.05, 0.1) is 11.9 Å². The monoisotopic (exact) mass is 193 g/mol. The molecule has 14 heavy (non-hydrogen) atoms. The van der Waals surface area contributed by atoms with E-state index in [4.69, 9.17) is 5.73 Å². The molecule has 0 unspecified atom stereocenters. The molecule has 0 saturated heterocycles. The Labute approximate surface area is 85.7 Å². The Bertz CT molecular complexity index is 277. The van der Waals surface area contributed by atoms with Crippen molar-refractivity contribution in [2.24, 2.45) is 0 Å².